The minimum Gasteiger partial charge on any atom is -0.481 e. The van der Waals surface area contributed by atoms with Crippen molar-refractivity contribution in [2.24, 2.45) is 17.6 Å². The van der Waals surface area contributed by atoms with Crippen LogP contribution in [0.1, 0.15) is 119 Å². The number of anilines is 1. The van der Waals surface area contributed by atoms with Crippen LogP contribution in [0.3, 0.4) is 0 Å². The number of aromatic nitrogens is 7. The number of carbonyl (C=O) groups is 7. The number of ether oxygens (including phenoxy) is 2. The number of benzene rings is 1. The smallest absolute Gasteiger partial charge is 0.413 e. The van der Waals surface area contributed by atoms with E-state index in [1.54, 1.807) is 71.7 Å². The number of fused-ring (bicyclic) bond motifs is 14. The third-order valence-electron chi connectivity index (χ3n) is 13.6. The minimum atomic E-state index is -1.29. The molecular formula is C54H54N14O11S6. The van der Waals surface area contributed by atoms with Crippen LogP contribution in [0.25, 0.3) is 42.5 Å². The molecule has 25 nitrogen and oxygen atoms in total. The number of pyridine rings is 1. The molecule has 0 radical (unpaired) electrons. The van der Waals surface area contributed by atoms with Gasteiger partial charge in [0.1, 0.15) is 76.9 Å². The highest BCUT2D eigenvalue weighted by molar-refractivity contribution is 7.19. The monoisotopic (exact) mass is 1270 g/mol. The first-order valence-electron chi connectivity index (χ1n) is 26.2. The lowest BCUT2D eigenvalue weighted by molar-refractivity contribution is -0.141. The molecule has 10 N–H and O–H groups in total. The maximum Gasteiger partial charge on any atom is 0.413 e. The lowest BCUT2D eigenvalue weighted by atomic mass is 10.0. The average molecular weight is 1270 g/mol. The standard InChI is InChI=1S/C54H54N14O11S6/c1-22(2)38-52-68-41(34(85-52)18-78-5)45(73)57-17-37(70)65-42(43(71)24-9-7-6-8-10-24)51-62-31(20-81-51)48-58-16-33(84-48)40-26(11-12-28(59-40)49-63-35(21-82-49)64-54(77)79-32-14-25(53(75)76)13-27(32)55)47-61-30(19-80-47)44(72)60-29(15-36(69)56-4)50-67-39(23(3)83-50)46(74)66-38/h6-12,16,19-22,25,27,29,32,38,42-43,71H,13-15,17-18,55H2,1-5H3,(H,56,69)(H,57,73)(H,60,72)(H,64,77)(H,65,70)(H,66,74)(H,75,76)/t25-,27-,29-,32-,38-,42-,43-/m0/s1. The molecule has 10 bridgehead atoms. The summed E-state index contributed by atoms with van der Waals surface area (Å²) in [5, 5.41) is 45.1. The molecule has 31 heteroatoms. The molecule has 85 heavy (non-hydrogen) atoms. The second-order valence-electron chi connectivity index (χ2n) is 19.9. The van der Waals surface area contributed by atoms with Gasteiger partial charge >= 0.3 is 12.1 Å². The molecule has 8 aromatic rings. The van der Waals surface area contributed by atoms with Crippen LogP contribution in [0.5, 0.6) is 0 Å². The zero-order chi connectivity index (χ0) is 60.2. The van der Waals surface area contributed by atoms with Crippen molar-refractivity contribution < 1.29 is 53.2 Å². The van der Waals surface area contributed by atoms with E-state index in [2.05, 4.69) is 46.9 Å². The first-order chi connectivity index (χ1) is 40.8. The maximum atomic E-state index is 14.3. The van der Waals surface area contributed by atoms with Gasteiger partial charge in [0.05, 0.1) is 58.7 Å². The van der Waals surface area contributed by atoms with Crippen LogP contribution in [0.2, 0.25) is 0 Å². The van der Waals surface area contributed by atoms with Gasteiger partial charge in [0.25, 0.3) is 17.7 Å². The number of nitrogens with zero attached hydrogens (tertiary/aromatic N) is 7. The number of methoxy groups -OCH3 is 1. The van der Waals surface area contributed by atoms with Crippen molar-refractivity contribution in [1.82, 2.24) is 61.5 Å². The van der Waals surface area contributed by atoms with Crippen molar-refractivity contribution in [2.45, 2.75) is 83.0 Å². The summed E-state index contributed by atoms with van der Waals surface area (Å²) in [6.45, 7) is 4.92. The molecule has 2 aliphatic rings. The number of carboxylic acid groups (broad SMARTS) is 1. The van der Waals surface area contributed by atoms with Crippen molar-refractivity contribution in [3.05, 3.63) is 112 Å². The lowest BCUT2D eigenvalue weighted by Gasteiger charge is -2.23. The zero-order valence-electron chi connectivity index (χ0n) is 45.7. The van der Waals surface area contributed by atoms with E-state index in [0.29, 0.717) is 67.9 Å². The number of carboxylic acids is 1. The molecule has 442 valence electrons. The van der Waals surface area contributed by atoms with E-state index in [-0.39, 0.29) is 59.7 Å². The predicted molar refractivity (Wildman–Crippen MR) is 319 cm³/mol. The Morgan fingerprint density at radius 2 is 1.53 bits per heavy atom. The second-order valence-corrected chi connectivity index (χ2v) is 25.9. The van der Waals surface area contributed by atoms with Crippen molar-refractivity contribution in [3.8, 4) is 42.5 Å². The normalized spacial score (nSPS) is 19.7. The Hall–Kier alpha value is -7.88. The Bertz CT molecular complexity index is 3820. The largest absolute Gasteiger partial charge is 0.481 e. The lowest BCUT2D eigenvalue weighted by Crippen LogP contribution is -2.40. The van der Waals surface area contributed by atoms with Gasteiger partial charge in [-0.2, -0.15) is 0 Å². The number of aliphatic hydroxyl groups is 1. The van der Waals surface area contributed by atoms with Gasteiger partial charge < -0.3 is 52.0 Å². The highest BCUT2D eigenvalue weighted by atomic mass is 32.1. The number of hydrogen-bond donors (Lipinski definition) is 9. The summed E-state index contributed by atoms with van der Waals surface area (Å²) in [6.07, 6.45) is -1.33. The van der Waals surface area contributed by atoms with Gasteiger partial charge in [-0.15, -0.1) is 68.0 Å². The fourth-order valence-electron chi connectivity index (χ4n) is 9.28. The van der Waals surface area contributed by atoms with E-state index in [4.69, 9.17) is 35.1 Å². The summed E-state index contributed by atoms with van der Waals surface area (Å²) in [4.78, 5) is 129. The molecule has 0 saturated heterocycles. The number of aliphatic hydroxyl groups excluding tert-OH is 1. The number of hydrogen-bond acceptors (Lipinski definition) is 24. The van der Waals surface area contributed by atoms with E-state index >= 15 is 0 Å². The van der Waals surface area contributed by atoms with E-state index in [1.165, 1.54) is 48.2 Å². The fraction of sp³-hybridized carbons (Fsp3) is 0.333. The van der Waals surface area contributed by atoms with Crippen LogP contribution < -0.4 is 37.6 Å². The zero-order valence-corrected chi connectivity index (χ0v) is 50.6. The number of aryl methyl sites for hydroxylation is 1. The Balaban J connectivity index is 1.02. The summed E-state index contributed by atoms with van der Waals surface area (Å²) in [5.74, 6) is -4.80. The molecule has 7 atom stereocenters. The topological polar surface area (TPSA) is 367 Å². The molecular weight excluding hydrogens is 1210 g/mol. The summed E-state index contributed by atoms with van der Waals surface area (Å²) >= 11 is 7.03. The Kier molecular flexibility index (Phi) is 18.5. The van der Waals surface area contributed by atoms with E-state index < -0.39 is 90.4 Å². The molecule has 0 spiro atoms. The highest BCUT2D eigenvalue weighted by Crippen LogP contribution is 2.42. The molecule has 1 saturated carbocycles. The van der Waals surface area contributed by atoms with Crippen LogP contribution in [0.15, 0.2) is 64.8 Å². The number of rotatable bonds is 11. The molecule has 1 aliphatic carbocycles. The van der Waals surface area contributed by atoms with E-state index in [0.717, 1.165) is 34.0 Å². The van der Waals surface area contributed by atoms with Gasteiger partial charge in [0.2, 0.25) is 11.8 Å². The number of thiazole rings is 6. The molecule has 1 aromatic carbocycles. The first kappa shape index (κ1) is 60.2. The Labute approximate surface area is 508 Å². The number of carbonyl (C=O) groups excluding carboxylic acids is 6. The summed E-state index contributed by atoms with van der Waals surface area (Å²) < 4.78 is 10.9. The van der Waals surface area contributed by atoms with Crippen LogP contribution in [-0.2, 0) is 30.5 Å². The van der Waals surface area contributed by atoms with Crippen molar-refractivity contribution in [1.29, 1.82) is 0 Å². The quantitative estimate of drug-likeness (QED) is 0.0626. The molecule has 0 unspecified atom stereocenters. The minimum absolute atomic E-state index is 0.00603. The number of nitrogens with two attached hydrogens (primary N) is 1. The second kappa shape index (κ2) is 26.2. The van der Waals surface area contributed by atoms with Crippen LogP contribution in [0.4, 0.5) is 10.6 Å². The van der Waals surface area contributed by atoms with Gasteiger partial charge in [0.15, 0.2) is 0 Å². The molecule has 8 heterocycles. The van der Waals surface area contributed by atoms with Crippen molar-refractivity contribution >= 4 is 115 Å². The Morgan fingerprint density at radius 3 is 2.27 bits per heavy atom. The van der Waals surface area contributed by atoms with Crippen LogP contribution >= 0.6 is 68.0 Å². The van der Waals surface area contributed by atoms with Crippen LogP contribution in [0, 0.1) is 18.8 Å². The average Bonchev–Trinajstić information content (AvgIpc) is 3.55. The molecule has 1 fully saturated rings. The van der Waals surface area contributed by atoms with Crippen molar-refractivity contribution in [2.75, 3.05) is 26.0 Å². The predicted octanol–water partition coefficient (Wildman–Crippen LogP) is 7.05. The van der Waals surface area contributed by atoms with E-state index in [1.807, 2.05) is 13.8 Å². The number of nitrogens with one attached hydrogen (secondary N) is 6. The molecule has 1 aliphatic heterocycles. The van der Waals surface area contributed by atoms with E-state index in [9.17, 15) is 43.8 Å². The number of aliphatic carboxylic acids is 1. The third kappa shape index (κ3) is 13.6. The molecule has 7 aromatic heterocycles. The number of amides is 6. The van der Waals surface area contributed by atoms with Gasteiger partial charge in [-0.25, -0.2) is 39.7 Å². The molecule has 10 rings (SSSR count). The molecule has 6 amide bonds. The maximum absolute atomic E-state index is 14.3. The van der Waals surface area contributed by atoms with Gasteiger partial charge in [-0.1, -0.05) is 44.2 Å². The third-order valence-corrected chi connectivity index (χ3v) is 19.5. The highest BCUT2D eigenvalue weighted by Gasteiger charge is 2.39. The van der Waals surface area contributed by atoms with Gasteiger partial charge in [-0.3, -0.25) is 34.1 Å². The summed E-state index contributed by atoms with van der Waals surface area (Å²) in [7, 11) is 2.93. The summed E-state index contributed by atoms with van der Waals surface area (Å²) in [6, 6.07) is 8.70. The van der Waals surface area contributed by atoms with Gasteiger partial charge in [0, 0.05) is 53.0 Å². The first-order valence-corrected chi connectivity index (χ1v) is 31.3. The summed E-state index contributed by atoms with van der Waals surface area (Å²) in [5.41, 5.74) is 8.30. The van der Waals surface area contributed by atoms with Crippen molar-refractivity contribution in [3.63, 3.8) is 0 Å². The fourth-order valence-corrected chi connectivity index (χ4v) is 14.9. The van der Waals surface area contributed by atoms with Gasteiger partial charge in [-0.05, 0) is 43.4 Å². The Morgan fingerprint density at radius 1 is 0.765 bits per heavy atom. The SMILES string of the molecule is CNC(=O)C[C@@H]1NC(=O)c2csc(n2)-c2ccc(-c3nc(NC(=O)O[C@H]4C[C@@H](C(=O)O)C[C@@H]4N)cs3)nc2-c2cnc(s2)-c2csc(n2)[C@H]([C@@H](O)c2ccccc2)NC(=O)CNC(=O)c2nc(sc2COC)[C@H](C(C)C)NC(=O)c2nc1sc2C. The van der Waals surface area contributed by atoms with Crippen LogP contribution in [-0.4, -0.2) is 120 Å².